The van der Waals surface area contributed by atoms with Gasteiger partial charge in [0.15, 0.2) is 0 Å². The van der Waals surface area contributed by atoms with Crippen LogP contribution in [-0.4, -0.2) is 42.1 Å². The number of anilines is 1. The summed E-state index contributed by atoms with van der Waals surface area (Å²) in [5.41, 5.74) is 0.843. The van der Waals surface area contributed by atoms with Gasteiger partial charge in [-0.3, -0.25) is 9.69 Å². The Morgan fingerprint density at radius 1 is 0.963 bits per heavy atom. The zero-order chi connectivity index (χ0) is 18.3. The number of amides is 1. The van der Waals surface area contributed by atoms with Crippen LogP contribution in [0.5, 0.6) is 0 Å². The van der Waals surface area contributed by atoms with Gasteiger partial charge in [0.25, 0.3) is 0 Å². The molecular weight excluding hydrogens is 334 g/mol. The molecule has 5 rings (SSSR count). The molecule has 1 unspecified atom stereocenters. The zero-order valence-corrected chi connectivity index (χ0v) is 16.4. The quantitative estimate of drug-likeness (QED) is 0.864. The van der Waals surface area contributed by atoms with Crippen LogP contribution >= 0.6 is 0 Å². The van der Waals surface area contributed by atoms with Gasteiger partial charge in [-0.25, -0.2) is 0 Å². The molecule has 2 aliphatic carbocycles. The standard InChI is InChI=1S/C23H33N3O/c27-22-23(26(17-24-22)19-9-5-3-6-10-19)12-14-25(15-13-23)21-16-18-8-4-1-2-7-11-20(18)21/h3,5-6,9-10,18,20-21H,1-2,4,7-8,11-17H2,(H,24,27)/t18-,20-,21?/m1/s1. The number of benzene rings is 1. The number of carbonyl (C=O) groups excluding carboxylic acids is 1. The van der Waals surface area contributed by atoms with E-state index in [-0.39, 0.29) is 11.4 Å². The van der Waals surface area contributed by atoms with Gasteiger partial charge in [-0.15, -0.1) is 0 Å². The molecular formula is C23H33N3O. The van der Waals surface area contributed by atoms with Crippen LogP contribution in [0, 0.1) is 11.8 Å². The first-order chi connectivity index (χ1) is 13.3. The van der Waals surface area contributed by atoms with E-state index in [9.17, 15) is 4.79 Å². The van der Waals surface area contributed by atoms with E-state index in [0.717, 1.165) is 43.8 Å². The van der Waals surface area contributed by atoms with E-state index in [2.05, 4.69) is 39.4 Å². The van der Waals surface area contributed by atoms with E-state index in [0.29, 0.717) is 6.67 Å². The Balaban J connectivity index is 1.27. The summed E-state index contributed by atoms with van der Waals surface area (Å²) in [6.07, 6.45) is 12.0. The van der Waals surface area contributed by atoms with Gasteiger partial charge in [0, 0.05) is 24.8 Å². The van der Waals surface area contributed by atoms with E-state index in [1.807, 2.05) is 6.07 Å². The van der Waals surface area contributed by atoms with Gasteiger partial charge < -0.3 is 10.2 Å². The summed E-state index contributed by atoms with van der Waals surface area (Å²) in [5, 5.41) is 3.13. The number of fused-ring (bicyclic) bond motifs is 1. The van der Waals surface area contributed by atoms with Crippen LogP contribution in [0.1, 0.15) is 57.8 Å². The predicted octanol–water partition coefficient (Wildman–Crippen LogP) is 3.77. The molecule has 1 aromatic rings. The largest absolute Gasteiger partial charge is 0.339 e. The number of hydrogen-bond acceptors (Lipinski definition) is 3. The Hall–Kier alpha value is -1.55. The minimum Gasteiger partial charge on any atom is -0.339 e. The number of hydrogen-bond donors (Lipinski definition) is 1. The molecule has 4 aliphatic rings. The second kappa shape index (κ2) is 7.12. The Bertz CT molecular complexity index is 667. The molecule has 0 bridgehead atoms. The number of piperidine rings is 1. The molecule has 1 N–H and O–H groups in total. The molecule has 1 spiro atoms. The Morgan fingerprint density at radius 2 is 1.70 bits per heavy atom. The number of likely N-dealkylation sites (tertiary alicyclic amines) is 1. The summed E-state index contributed by atoms with van der Waals surface area (Å²) in [6, 6.07) is 11.3. The van der Waals surface area contributed by atoms with Crippen molar-refractivity contribution in [1.82, 2.24) is 10.2 Å². The molecule has 1 aromatic carbocycles. The van der Waals surface area contributed by atoms with Crippen molar-refractivity contribution in [3.05, 3.63) is 30.3 Å². The van der Waals surface area contributed by atoms with Crippen molar-refractivity contribution in [2.24, 2.45) is 11.8 Å². The molecule has 1 amide bonds. The van der Waals surface area contributed by atoms with Gasteiger partial charge in [0.1, 0.15) is 5.54 Å². The molecule has 2 heterocycles. The first kappa shape index (κ1) is 17.5. The molecule has 2 aliphatic heterocycles. The summed E-state index contributed by atoms with van der Waals surface area (Å²) in [7, 11) is 0. The fourth-order valence-corrected chi connectivity index (χ4v) is 6.36. The molecule has 2 saturated heterocycles. The minimum atomic E-state index is -0.331. The highest BCUT2D eigenvalue weighted by molar-refractivity contribution is 5.93. The average molecular weight is 368 g/mol. The Labute approximate surface area is 163 Å². The molecule has 4 fully saturated rings. The van der Waals surface area contributed by atoms with Crippen LogP contribution in [0.2, 0.25) is 0 Å². The van der Waals surface area contributed by atoms with Crippen LogP contribution in [0.3, 0.4) is 0 Å². The van der Waals surface area contributed by atoms with Gasteiger partial charge in [-0.05, 0) is 49.7 Å². The van der Waals surface area contributed by atoms with E-state index < -0.39 is 0 Å². The maximum Gasteiger partial charge on any atom is 0.247 e. The zero-order valence-electron chi connectivity index (χ0n) is 16.4. The smallest absolute Gasteiger partial charge is 0.247 e. The summed E-state index contributed by atoms with van der Waals surface area (Å²) in [4.78, 5) is 17.9. The van der Waals surface area contributed by atoms with Gasteiger partial charge in [0.05, 0.1) is 6.67 Å². The summed E-state index contributed by atoms with van der Waals surface area (Å²) in [5.74, 6) is 2.16. The second-order valence-corrected chi connectivity index (χ2v) is 9.21. The molecule has 4 nitrogen and oxygen atoms in total. The fraction of sp³-hybridized carbons (Fsp3) is 0.696. The van der Waals surface area contributed by atoms with Crippen molar-refractivity contribution in [3.8, 4) is 0 Å². The van der Waals surface area contributed by atoms with E-state index in [4.69, 9.17) is 0 Å². The third kappa shape index (κ3) is 2.97. The van der Waals surface area contributed by atoms with Crippen LogP contribution in [-0.2, 0) is 4.79 Å². The lowest BCUT2D eigenvalue weighted by molar-refractivity contribution is -0.126. The highest BCUT2D eigenvalue weighted by Gasteiger charge is 2.52. The van der Waals surface area contributed by atoms with Crippen molar-refractivity contribution in [3.63, 3.8) is 0 Å². The van der Waals surface area contributed by atoms with Gasteiger partial charge in [0.2, 0.25) is 5.91 Å². The monoisotopic (exact) mass is 367 g/mol. The lowest BCUT2D eigenvalue weighted by Gasteiger charge is -2.54. The van der Waals surface area contributed by atoms with Crippen LogP contribution < -0.4 is 10.2 Å². The average Bonchev–Trinajstić information content (AvgIpc) is 2.99. The lowest BCUT2D eigenvalue weighted by atomic mass is 9.63. The topological polar surface area (TPSA) is 35.6 Å². The summed E-state index contributed by atoms with van der Waals surface area (Å²) in [6.45, 7) is 2.80. The molecule has 0 radical (unpaired) electrons. The van der Waals surface area contributed by atoms with Crippen LogP contribution in [0.25, 0.3) is 0 Å². The molecule has 146 valence electrons. The third-order valence-corrected chi connectivity index (χ3v) is 8.01. The van der Waals surface area contributed by atoms with Gasteiger partial charge in [-0.2, -0.15) is 0 Å². The predicted molar refractivity (Wildman–Crippen MR) is 109 cm³/mol. The van der Waals surface area contributed by atoms with E-state index >= 15 is 0 Å². The number of para-hydroxylation sites is 1. The number of rotatable bonds is 2. The van der Waals surface area contributed by atoms with Gasteiger partial charge in [-0.1, -0.05) is 50.3 Å². The van der Waals surface area contributed by atoms with Crippen molar-refractivity contribution >= 4 is 11.6 Å². The molecule has 3 atom stereocenters. The van der Waals surface area contributed by atoms with E-state index in [1.165, 1.54) is 50.6 Å². The number of carbonyl (C=O) groups is 1. The van der Waals surface area contributed by atoms with Gasteiger partial charge >= 0.3 is 0 Å². The summed E-state index contributed by atoms with van der Waals surface area (Å²) >= 11 is 0. The van der Waals surface area contributed by atoms with Crippen molar-refractivity contribution in [2.75, 3.05) is 24.7 Å². The Kier molecular flexibility index (Phi) is 4.63. The van der Waals surface area contributed by atoms with E-state index in [1.54, 1.807) is 0 Å². The minimum absolute atomic E-state index is 0.239. The second-order valence-electron chi connectivity index (χ2n) is 9.21. The summed E-state index contributed by atoms with van der Waals surface area (Å²) < 4.78 is 0. The first-order valence-corrected chi connectivity index (χ1v) is 11.1. The van der Waals surface area contributed by atoms with Crippen molar-refractivity contribution in [1.29, 1.82) is 0 Å². The Morgan fingerprint density at radius 3 is 2.48 bits per heavy atom. The maximum atomic E-state index is 12.8. The normalized spacial score (nSPS) is 33.7. The SMILES string of the molecule is O=C1NCN(c2ccccc2)C12CCN(C1C[C@H]3CCCCCC[C@@H]13)CC2. The van der Waals surface area contributed by atoms with Crippen LogP contribution in [0.4, 0.5) is 5.69 Å². The number of nitrogens with zero attached hydrogens (tertiary/aromatic N) is 2. The molecule has 27 heavy (non-hydrogen) atoms. The maximum absolute atomic E-state index is 12.8. The lowest BCUT2D eigenvalue weighted by Crippen LogP contribution is -2.61. The number of nitrogens with one attached hydrogen (secondary N) is 1. The molecule has 4 heteroatoms. The highest BCUT2D eigenvalue weighted by Crippen LogP contribution is 2.47. The molecule has 0 aromatic heterocycles. The fourth-order valence-electron chi connectivity index (χ4n) is 6.36. The molecule has 2 saturated carbocycles. The van der Waals surface area contributed by atoms with Crippen molar-refractivity contribution < 1.29 is 4.79 Å². The highest BCUT2D eigenvalue weighted by atomic mass is 16.2. The van der Waals surface area contributed by atoms with Crippen LogP contribution in [0.15, 0.2) is 30.3 Å². The first-order valence-electron chi connectivity index (χ1n) is 11.1. The van der Waals surface area contributed by atoms with Crippen molar-refractivity contribution in [2.45, 2.75) is 69.4 Å². The third-order valence-electron chi connectivity index (χ3n) is 8.01.